The number of benzene rings is 3. The van der Waals surface area contributed by atoms with Gasteiger partial charge in [-0.1, -0.05) is 30.3 Å². The lowest BCUT2D eigenvalue weighted by atomic mass is 10.1. The Hall–Kier alpha value is -4.18. The van der Waals surface area contributed by atoms with Gasteiger partial charge in [-0.3, -0.25) is 24.5 Å². The van der Waals surface area contributed by atoms with Gasteiger partial charge >= 0.3 is 5.97 Å². The van der Waals surface area contributed by atoms with Gasteiger partial charge in [-0.15, -0.1) is 11.8 Å². The molecular formula is C25H23N3O6S. The van der Waals surface area contributed by atoms with Crippen molar-refractivity contribution < 1.29 is 24.4 Å². The smallest absolute Gasteiger partial charge is 0.303 e. The van der Waals surface area contributed by atoms with Crippen LogP contribution in [0.4, 0.5) is 17.1 Å². The molecule has 0 radical (unpaired) electrons. The predicted octanol–water partition coefficient (Wildman–Crippen LogP) is 5.18. The molecule has 180 valence electrons. The van der Waals surface area contributed by atoms with E-state index in [2.05, 4.69) is 10.6 Å². The molecule has 0 fully saturated rings. The lowest BCUT2D eigenvalue weighted by molar-refractivity contribution is -0.384. The molecule has 0 aliphatic carbocycles. The van der Waals surface area contributed by atoms with E-state index in [1.165, 1.54) is 30.0 Å². The molecule has 35 heavy (non-hydrogen) atoms. The fraction of sp³-hybridized carbons (Fsp3) is 0.160. The molecule has 2 amide bonds. The fourth-order valence-electron chi connectivity index (χ4n) is 3.20. The second-order valence-electron chi connectivity index (χ2n) is 7.62. The van der Waals surface area contributed by atoms with Crippen LogP contribution in [0.3, 0.4) is 0 Å². The number of aliphatic carboxylic acids is 1. The van der Waals surface area contributed by atoms with Gasteiger partial charge in [0.2, 0.25) is 11.8 Å². The highest BCUT2D eigenvalue weighted by Crippen LogP contribution is 2.37. The van der Waals surface area contributed by atoms with Gasteiger partial charge in [0.1, 0.15) is 5.25 Å². The molecule has 0 bridgehead atoms. The SMILES string of the molecule is Cc1cc([N+](=O)[O-])ccc1NC(=O)C(Sc1ccc(NC(=O)CCC(=O)O)cc1)c1ccccc1. The Labute approximate surface area is 205 Å². The maximum atomic E-state index is 13.3. The zero-order valence-electron chi connectivity index (χ0n) is 18.8. The summed E-state index contributed by atoms with van der Waals surface area (Å²) in [5, 5.41) is 24.6. The van der Waals surface area contributed by atoms with Crippen LogP contribution >= 0.6 is 11.8 Å². The summed E-state index contributed by atoms with van der Waals surface area (Å²) >= 11 is 1.31. The Morgan fingerprint density at radius 3 is 2.26 bits per heavy atom. The van der Waals surface area contributed by atoms with E-state index < -0.39 is 22.0 Å². The number of carbonyl (C=O) groups is 3. The topological polar surface area (TPSA) is 139 Å². The summed E-state index contributed by atoms with van der Waals surface area (Å²) in [5.41, 5.74) is 2.31. The molecule has 0 saturated carbocycles. The molecule has 1 unspecified atom stereocenters. The molecule has 3 aromatic rings. The minimum absolute atomic E-state index is 0.0513. The number of nitro groups is 1. The number of hydrogen-bond acceptors (Lipinski definition) is 6. The number of nitrogens with zero attached hydrogens (tertiary/aromatic N) is 1. The van der Waals surface area contributed by atoms with E-state index in [0.717, 1.165) is 10.5 Å². The third-order valence-corrected chi connectivity index (χ3v) is 6.24. The zero-order valence-corrected chi connectivity index (χ0v) is 19.6. The van der Waals surface area contributed by atoms with E-state index in [-0.39, 0.29) is 24.4 Å². The van der Waals surface area contributed by atoms with Crippen molar-refractivity contribution in [3.63, 3.8) is 0 Å². The number of carboxylic acids is 1. The van der Waals surface area contributed by atoms with Crippen molar-refractivity contribution in [1.29, 1.82) is 0 Å². The third-order valence-electron chi connectivity index (χ3n) is 4.98. The average molecular weight is 494 g/mol. The number of carbonyl (C=O) groups excluding carboxylic acids is 2. The van der Waals surface area contributed by atoms with Gasteiger partial charge in [-0.2, -0.15) is 0 Å². The normalized spacial score (nSPS) is 11.3. The summed E-state index contributed by atoms with van der Waals surface area (Å²) in [4.78, 5) is 47.0. The number of anilines is 2. The molecule has 3 rings (SSSR count). The van der Waals surface area contributed by atoms with Crippen LogP contribution in [-0.2, 0) is 14.4 Å². The third kappa shape index (κ3) is 7.41. The number of nitro benzene ring substituents is 1. The first-order chi connectivity index (χ1) is 16.7. The highest BCUT2D eigenvalue weighted by molar-refractivity contribution is 8.00. The van der Waals surface area contributed by atoms with Crippen LogP contribution in [0.15, 0.2) is 77.7 Å². The molecule has 1 atom stereocenters. The van der Waals surface area contributed by atoms with Gasteiger partial charge in [0.15, 0.2) is 0 Å². The van der Waals surface area contributed by atoms with Crippen molar-refractivity contribution in [3.05, 3.63) is 94.0 Å². The summed E-state index contributed by atoms with van der Waals surface area (Å²) in [6, 6.07) is 20.4. The predicted molar refractivity (Wildman–Crippen MR) is 133 cm³/mol. The first-order valence-electron chi connectivity index (χ1n) is 10.6. The minimum Gasteiger partial charge on any atom is -0.481 e. The maximum Gasteiger partial charge on any atom is 0.303 e. The Morgan fingerprint density at radius 2 is 1.66 bits per heavy atom. The molecule has 0 aliphatic heterocycles. The fourth-order valence-corrected chi connectivity index (χ4v) is 4.22. The number of non-ortho nitro benzene ring substituents is 1. The number of hydrogen-bond donors (Lipinski definition) is 3. The molecule has 0 spiro atoms. The summed E-state index contributed by atoms with van der Waals surface area (Å²) in [6.45, 7) is 1.69. The van der Waals surface area contributed by atoms with Crippen LogP contribution in [-0.4, -0.2) is 27.8 Å². The minimum atomic E-state index is -1.04. The van der Waals surface area contributed by atoms with Crippen LogP contribution in [0.25, 0.3) is 0 Å². The Balaban J connectivity index is 1.75. The highest BCUT2D eigenvalue weighted by Gasteiger charge is 2.23. The Kier molecular flexibility index (Phi) is 8.58. The standard InChI is InChI=1S/C25H23N3O6S/c1-16-15-19(28(33)34)9-12-21(16)27-25(32)24(17-5-3-2-4-6-17)35-20-10-7-18(8-11-20)26-22(29)13-14-23(30)31/h2-12,15,24H,13-14H2,1H3,(H,26,29)(H,27,32)(H,30,31). The van der Waals surface area contributed by atoms with E-state index in [9.17, 15) is 24.5 Å². The number of aryl methyl sites for hydroxylation is 1. The quantitative estimate of drug-likeness (QED) is 0.201. The van der Waals surface area contributed by atoms with Crippen molar-refractivity contribution >= 4 is 46.6 Å². The average Bonchev–Trinajstić information content (AvgIpc) is 2.84. The van der Waals surface area contributed by atoms with E-state index >= 15 is 0 Å². The molecule has 0 heterocycles. The van der Waals surface area contributed by atoms with Crippen LogP contribution in [0.1, 0.15) is 29.2 Å². The van der Waals surface area contributed by atoms with Crippen molar-refractivity contribution in [2.45, 2.75) is 29.9 Å². The Morgan fingerprint density at radius 1 is 0.971 bits per heavy atom. The summed E-state index contributed by atoms with van der Waals surface area (Å²) < 4.78 is 0. The molecule has 9 nitrogen and oxygen atoms in total. The first kappa shape index (κ1) is 25.4. The lowest BCUT2D eigenvalue weighted by Crippen LogP contribution is -2.19. The first-order valence-corrected chi connectivity index (χ1v) is 11.5. The molecule has 10 heteroatoms. The number of rotatable bonds is 10. The second kappa shape index (κ2) is 11.8. The van der Waals surface area contributed by atoms with Crippen molar-refractivity contribution in [1.82, 2.24) is 0 Å². The molecule has 0 saturated heterocycles. The molecule has 3 N–H and O–H groups in total. The van der Waals surface area contributed by atoms with Gasteiger partial charge in [-0.05, 0) is 48.4 Å². The molecule has 0 aliphatic rings. The summed E-state index contributed by atoms with van der Waals surface area (Å²) in [5.74, 6) is -1.72. The van der Waals surface area contributed by atoms with Gasteiger partial charge in [0.25, 0.3) is 5.69 Å². The van der Waals surface area contributed by atoms with E-state index in [0.29, 0.717) is 16.9 Å². The van der Waals surface area contributed by atoms with Gasteiger partial charge in [0, 0.05) is 34.8 Å². The number of carboxylic acid groups (broad SMARTS) is 1. The van der Waals surface area contributed by atoms with Crippen molar-refractivity contribution in [3.8, 4) is 0 Å². The molecule has 3 aromatic carbocycles. The lowest BCUT2D eigenvalue weighted by Gasteiger charge is -2.18. The van der Waals surface area contributed by atoms with Crippen LogP contribution in [0.5, 0.6) is 0 Å². The highest BCUT2D eigenvalue weighted by atomic mass is 32.2. The zero-order chi connectivity index (χ0) is 25.4. The van der Waals surface area contributed by atoms with E-state index in [1.54, 1.807) is 31.2 Å². The van der Waals surface area contributed by atoms with Crippen molar-refractivity contribution in [2.24, 2.45) is 0 Å². The van der Waals surface area contributed by atoms with Gasteiger partial charge in [0.05, 0.1) is 11.3 Å². The van der Waals surface area contributed by atoms with Crippen LogP contribution < -0.4 is 10.6 Å². The maximum absolute atomic E-state index is 13.3. The largest absolute Gasteiger partial charge is 0.481 e. The molecular weight excluding hydrogens is 470 g/mol. The van der Waals surface area contributed by atoms with Crippen LogP contribution in [0.2, 0.25) is 0 Å². The van der Waals surface area contributed by atoms with E-state index in [4.69, 9.17) is 5.11 Å². The molecule has 0 aromatic heterocycles. The number of thioether (sulfide) groups is 1. The number of nitrogens with one attached hydrogen (secondary N) is 2. The monoisotopic (exact) mass is 493 g/mol. The van der Waals surface area contributed by atoms with Crippen LogP contribution in [0, 0.1) is 17.0 Å². The van der Waals surface area contributed by atoms with Crippen molar-refractivity contribution in [2.75, 3.05) is 10.6 Å². The Bertz CT molecular complexity index is 1230. The number of amides is 2. The second-order valence-corrected chi connectivity index (χ2v) is 8.80. The van der Waals surface area contributed by atoms with Gasteiger partial charge < -0.3 is 15.7 Å². The summed E-state index contributed by atoms with van der Waals surface area (Å²) in [7, 11) is 0. The van der Waals surface area contributed by atoms with E-state index in [1.807, 2.05) is 30.3 Å². The summed E-state index contributed by atoms with van der Waals surface area (Å²) in [6.07, 6.45) is -0.369. The van der Waals surface area contributed by atoms with Gasteiger partial charge in [-0.25, -0.2) is 0 Å².